The summed E-state index contributed by atoms with van der Waals surface area (Å²) in [4.78, 5) is 16.9. The monoisotopic (exact) mass is 194 g/mol. The number of allylic oxidation sites excluding steroid dienone is 1. The average molecular weight is 194 g/mol. The molecule has 1 saturated heterocycles. The van der Waals surface area contributed by atoms with Crippen molar-refractivity contribution in [1.29, 1.82) is 0 Å². The summed E-state index contributed by atoms with van der Waals surface area (Å²) in [6.45, 7) is 6.73. The Hall–Kier alpha value is -1.12. The standard InChI is InChI=1S/C11H18N2O/c1-9(2)7-10(12-3)11-5-4-6-13(11)8-14/h8,11H,1,4-7H2,2-3H3. The van der Waals surface area contributed by atoms with Crippen molar-refractivity contribution in [3.8, 4) is 0 Å². The topological polar surface area (TPSA) is 32.7 Å². The van der Waals surface area contributed by atoms with Crippen LogP contribution in [0, 0.1) is 0 Å². The first-order chi connectivity index (χ1) is 6.69. The van der Waals surface area contributed by atoms with Crippen molar-refractivity contribution in [2.45, 2.75) is 32.2 Å². The van der Waals surface area contributed by atoms with Crippen molar-refractivity contribution in [2.24, 2.45) is 4.99 Å². The average Bonchev–Trinajstić information content (AvgIpc) is 2.61. The number of rotatable bonds is 4. The van der Waals surface area contributed by atoms with Crippen LogP contribution in [0.4, 0.5) is 0 Å². The van der Waals surface area contributed by atoms with Crippen molar-refractivity contribution in [1.82, 2.24) is 4.90 Å². The van der Waals surface area contributed by atoms with Crippen LogP contribution < -0.4 is 0 Å². The maximum atomic E-state index is 10.8. The Kier molecular flexibility index (Phi) is 3.86. The van der Waals surface area contributed by atoms with Gasteiger partial charge in [0.2, 0.25) is 6.41 Å². The molecule has 0 radical (unpaired) electrons. The number of amides is 1. The van der Waals surface area contributed by atoms with Gasteiger partial charge in [0.05, 0.1) is 6.04 Å². The summed E-state index contributed by atoms with van der Waals surface area (Å²) in [5.41, 5.74) is 2.19. The molecule has 1 fully saturated rings. The van der Waals surface area contributed by atoms with Crippen LogP contribution in [0.3, 0.4) is 0 Å². The molecule has 0 aromatic carbocycles. The van der Waals surface area contributed by atoms with Gasteiger partial charge in [-0.25, -0.2) is 0 Å². The Balaban J connectivity index is 2.69. The predicted molar refractivity (Wildman–Crippen MR) is 58.6 cm³/mol. The number of aliphatic imine (C=N–C) groups is 1. The summed E-state index contributed by atoms with van der Waals surface area (Å²) >= 11 is 0. The molecule has 1 atom stereocenters. The van der Waals surface area contributed by atoms with E-state index in [2.05, 4.69) is 11.6 Å². The van der Waals surface area contributed by atoms with Crippen molar-refractivity contribution >= 4 is 12.1 Å². The fourth-order valence-electron chi connectivity index (χ4n) is 1.93. The van der Waals surface area contributed by atoms with Gasteiger partial charge in [-0.1, -0.05) is 12.2 Å². The lowest BCUT2D eigenvalue weighted by atomic mass is 10.0. The lowest BCUT2D eigenvalue weighted by Gasteiger charge is -2.21. The molecule has 3 nitrogen and oxygen atoms in total. The fraction of sp³-hybridized carbons (Fsp3) is 0.636. The van der Waals surface area contributed by atoms with E-state index < -0.39 is 0 Å². The second-order valence-corrected chi connectivity index (χ2v) is 3.85. The molecule has 14 heavy (non-hydrogen) atoms. The van der Waals surface area contributed by atoms with Gasteiger partial charge in [-0.05, 0) is 19.8 Å². The molecule has 0 spiro atoms. The van der Waals surface area contributed by atoms with Crippen LogP contribution in [0.2, 0.25) is 0 Å². The molecule has 0 aromatic heterocycles. The Morgan fingerprint density at radius 2 is 2.43 bits per heavy atom. The highest BCUT2D eigenvalue weighted by atomic mass is 16.1. The number of hydrogen-bond donors (Lipinski definition) is 0. The molecular formula is C11H18N2O. The van der Waals surface area contributed by atoms with Gasteiger partial charge >= 0.3 is 0 Å². The maximum Gasteiger partial charge on any atom is 0.210 e. The van der Waals surface area contributed by atoms with Crippen molar-refractivity contribution in [3.63, 3.8) is 0 Å². The Morgan fingerprint density at radius 1 is 1.71 bits per heavy atom. The third kappa shape index (κ3) is 2.44. The molecule has 1 amide bonds. The molecule has 1 aliphatic rings. The van der Waals surface area contributed by atoms with Gasteiger partial charge in [0.15, 0.2) is 0 Å². The molecule has 0 saturated carbocycles. The molecule has 1 unspecified atom stereocenters. The smallest absolute Gasteiger partial charge is 0.210 e. The van der Waals surface area contributed by atoms with Gasteiger partial charge in [-0.2, -0.15) is 0 Å². The van der Waals surface area contributed by atoms with Crippen molar-refractivity contribution in [2.75, 3.05) is 13.6 Å². The highest BCUT2D eigenvalue weighted by molar-refractivity contribution is 5.92. The van der Waals surface area contributed by atoms with Gasteiger partial charge in [0, 0.05) is 25.7 Å². The molecule has 0 bridgehead atoms. The van der Waals surface area contributed by atoms with Gasteiger partial charge in [0.1, 0.15) is 0 Å². The first kappa shape index (κ1) is 11.0. The minimum Gasteiger partial charge on any atom is -0.337 e. The SMILES string of the molecule is C=C(C)CC(=NC)C1CCCN1C=O. The first-order valence-corrected chi connectivity index (χ1v) is 5.00. The summed E-state index contributed by atoms with van der Waals surface area (Å²) < 4.78 is 0. The van der Waals surface area contributed by atoms with Crippen LogP contribution in [-0.4, -0.2) is 36.7 Å². The highest BCUT2D eigenvalue weighted by Crippen LogP contribution is 2.19. The summed E-state index contributed by atoms with van der Waals surface area (Å²) in [5, 5.41) is 0. The summed E-state index contributed by atoms with van der Waals surface area (Å²) in [5.74, 6) is 0. The van der Waals surface area contributed by atoms with Crippen LogP contribution >= 0.6 is 0 Å². The van der Waals surface area contributed by atoms with Gasteiger partial charge in [0.25, 0.3) is 0 Å². The third-order valence-corrected chi connectivity index (χ3v) is 2.58. The predicted octanol–water partition coefficient (Wildman–Crippen LogP) is 1.64. The quantitative estimate of drug-likeness (QED) is 0.380. The lowest BCUT2D eigenvalue weighted by Crippen LogP contribution is -2.35. The van der Waals surface area contributed by atoms with Crippen molar-refractivity contribution in [3.05, 3.63) is 12.2 Å². The van der Waals surface area contributed by atoms with E-state index in [1.807, 2.05) is 11.8 Å². The summed E-state index contributed by atoms with van der Waals surface area (Å²) in [6.07, 6.45) is 3.87. The van der Waals surface area contributed by atoms with Crippen molar-refractivity contribution < 1.29 is 4.79 Å². The number of hydrogen-bond acceptors (Lipinski definition) is 2. The molecule has 0 aliphatic carbocycles. The minimum atomic E-state index is 0.217. The van der Waals surface area contributed by atoms with E-state index >= 15 is 0 Å². The maximum absolute atomic E-state index is 10.8. The highest BCUT2D eigenvalue weighted by Gasteiger charge is 2.26. The minimum absolute atomic E-state index is 0.217. The number of nitrogens with zero attached hydrogens (tertiary/aromatic N) is 2. The zero-order chi connectivity index (χ0) is 10.6. The molecule has 0 N–H and O–H groups in total. The molecule has 1 aliphatic heterocycles. The van der Waals surface area contributed by atoms with E-state index in [1.165, 1.54) is 0 Å². The molecule has 1 heterocycles. The van der Waals surface area contributed by atoms with Crippen LogP contribution in [0.15, 0.2) is 17.1 Å². The molecular weight excluding hydrogens is 176 g/mol. The summed E-state index contributed by atoms with van der Waals surface area (Å²) in [7, 11) is 1.79. The first-order valence-electron chi connectivity index (χ1n) is 5.00. The zero-order valence-corrected chi connectivity index (χ0v) is 8.99. The second-order valence-electron chi connectivity index (χ2n) is 3.85. The molecule has 78 valence electrons. The Labute approximate surface area is 85.5 Å². The van der Waals surface area contributed by atoms with E-state index in [-0.39, 0.29) is 6.04 Å². The van der Waals surface area contributed by atoms with E-state index in [1.54, 1.807) is 7.05 Å². The lowest BCUT2D eigenvalue weighted by molar-refractivity contribution is -0.117. The summed E-state index contributed by atoms with van der Waals surface area (Å²) in [6, 6.07) is 0.217. The number of carbonyl (C=O) groups excluding carboxylic acids is 1. The largest absolute Gasteiger partial charge is 0.337 e. The number of carbonyl (C=O) groups is 1. The fourth-order valence-corrected chi connectivity index (χ4v) is 1.93. The van der Waals surface area contributed by atoms with Crippen LogP contribution in [0.25, 0.3) is 0 Å². The number of likely N-dealkylation sites (tertiary alicyclic amines) is 1. The van der Waals surface area contributed by atoms with Gasteiger partial charge < -0.3 is 4.90 Å². The van der Waals surface area contributed by atoms with Crippen LogP contribution in [0.5, 0.6) is 0 Å². The van der Waals surface area contributed by atoms with E-state index in [9.17, 15) is 4.79 Å². The van der Waals surface area contributed by atoms with E-state index in [0.29, 0.717) is 0 Å². The van der Waals surface area contributed by atoms with E-state index in [4.69, 9.17) is 0 Å². The second kappa shape index (κ2) is 4.94. The normalized spacial score (nSPS) is 22.6. The van der Waals surface area contributed by atoms with Crippen LogP contribution in [0.1, 0.15) is 26.2 Å². The van der Waals surface area contributed by atoms with E-state index in [0.717, 1.165) is 43.5 Å². The molecule has 1 rings (SSSR count). The van der Waals surface area contributed by atoms with Crippen LogP contribution in [-0.2, 0) is 4.79 Å². The molecule has 0 aromatic rings. The zero-order valence-electron chi connectivity index (χ0n) is 8.99. The Bertz CT molecular complexity index is 258. The third-order valence-electron chi connectivity index (χ3n) is 2.58. The van der Waals surface area contributed by atoms with Gasteiger partial charge in [-0.15, -0.1) is 0 Å². The van der Waals surface area contributed by atoms with Gasteiger partial charge in [-0.3, -0.25) is 9.79 Å². The Morgan fingerprint density at radius 3 is 2.93 bits per heavy atom. The molecule has 3 heteroatoms.